The average molecular weight is 236 g/mol. The van der Waals surface area contributed by atoms with Crippen molar-refractivity contribution in [2.75, 3.05) is 13.7 Å². The monoisotopic (exact) mass is 236 g/mol. The molecule has 0 unspecified atom stereocenters. The molecule has 0 spiro atoms. The molecule has 1 aromatic carbocycles. The van der Waals surface area contributed by atoms with E-state index in [1.165, 1.54) is 5.56 Å². The molecular formula is C13H20N2O2. The molecule has 0 heterocycles. The number of nitrogens with one attached hydrogen (secondary N) is 2. The summed E-state index contributed by atoms with van der Waals surface area (Å²) in [5, 5.41) is 0. The predicted molar refractivity (Wildman–Crippen MR) is 67.8 cm³/mol. The summed E-state index contributed by atoms with van der Waals surface area (Å²) in [6.45, 7) is 4.68. The maximum atomic E-state index is 11.1. The van der Waals surface area contributed by atoms with Crippen LogP contribution in [0, 0.1) is 0 Å². The van der Waals surface area contributed by atoms with Gasteiger partial charge in [0.05, 0.1) is 13.0 Å². The topological polar surface area (TPSA) is 50.4 Å². The van der Waals surface area contributed by atoms with E-state index in [4.69, 9.17) is 4.74 Å². The fourth-order valence-corrected chi connectivity index (χ4v) is 1.41. The van der Waals surface area contributed by atoms with Gasteiger partial charge in [0, 0.05) is 7.05 Å². The summed E-state index contributed by atoms with van der Waals surface area (Å²) >= 11 is 0. The Labute approximate surface area is 102 Å². The summed E-state index contributed by atoms with van der Waals surface area (Å²) in [5.41, 5.74) is 6.35. The molecule has 94 valence electrons. The maximum Gasteiger partial charge on any atom is 0.237 e. The first-order valence-corrected chi connectivity index (χ1v) is 5.82. The van der Waals surface area contributed by atoms with E-state index < -0.39 is 0 Å². The number of hydrogen-bond donors (Lipinski definition) is 2. The van der Waals surface area contributed by atoms with Crippen LogP contribution in [0.3, 0.4) is 0 Å². The van der Waals surface area contributed by atoms with Crippen LogP contribution < -0.4 is 15.6 Å². The third-order valence-electron chi connectivity index (χ3n) is 2.41. The van der Waals surface area contributed by atoms with Crippen LogP contribution in [0.25, 0.3) is 0 Å². The highest BCUT2D eigenvalue weighted by Gasteiger charge is 2.01. The molecule has 0 bridgehead atoms. The summed E-state index contributed by atoms with van der Waals surface area (Å²) in [7, 11) is 1.66. The fraction of sp³-hybridized carbons (Fsp3) is 0.462. The van der Waals surface area contributed by atoms with Gasteiger partial charge < -0.3 is 4.74 Å². The number of hydrazine groups is 1. The zero-order valence-corrected chi connectivity index (χ0v) is 10.6. The molecule has 4 heteroatoms. The Morgan fingerprint density at radius 1 is 1.29 bits per heavy atom. The molecule has 0 saturated carbocycles. The molecule has 0 radical (unpaired) electrons. The van der Waals surface area contributed by atoms with Gasteiger partial charge in [0.1, 0.15) is 5.75 Å². The van der Waals surface area contributed by atoms with Crippen molar-refractivity contribution in [3.8, 4) is 5.75 Å². The highest BCUT2D eigenvalue weighted by Crippen LogP contribution is 2.18. The van der Waals surface area contributed by atoms with Crippen molar-refractivity contribution in [1.82, 2.24) is 10.9 Å². The van der Waals surface area contributed by atoms with E-state index in [2.05, 4.69) is 24.7 Å². The summed E-state index contributed by atoms with van der Waals surface area (Å²) in [5.74, 6) is 1.24. The molecule has 2 N–H and O–H groups in total. The normalized spacial score (nSPS) is 10.4. The largest absolute Gasteiger partial charge is 0.493 e. The van der Waals surface area contributed by atoms with Gasteiger partial charge in [-0.1, -0.05) is 26.0 Å². The van der Waals surface area contributed by atoms with Crippen molar-refractivity contribution in [1.29, 1.82) is 0 Å². The minimum Gasteiger partial charge on any atom is -0.493 e. The highest BCUT2D eigenvalue weighted by molar-refractivity contribution is 5.75. The molecule has 0 fully saturated rings. The summed E-state index contributed by atoms with van der Waals surface area (Å²) in [4.78, 5) is 11.1. The number of ether oxygens (including phenoxy) is 1. The molecule has 17 heavy (non-hydrogen) atoms. The number of rotatable bonds is 6. The molecule has 0 aliphatic heterocycles. The van der Waals surface area contributed by atoms with Crippen molar-refractivity contribution in [2.24, 2.45) is 0 Å². The lowest BCUT2D eigenvalue weighted by molar-refractivity contribution is -0.122. The van der Waals surface area contributed by atoms with Gasteiger partial charge in [0.15, 0.2) is 0 Å². The summed E-state index contributed by atoms with van der Waals surface area (Å²) in [6, 6.07) is 7.97. The van der Waals surface area contributed by atoms with E-state index in [1.54, 1.807) is 7.05 Å². The molecular weight excluding hydrogens is 216 g/mol. The van der Waals surface area contributed by atoms with Crippen molar-refractivity contribution in [3.63, 3.8) is 0 Å². The third-order valence-corrected chi connectivity index (χ3v) is 2.41. The van der Waals surface area contributed by atoms with Gasteiger partial charge in [-0.15, -0.1) is 0 Å². The first-order valence-electron chi connectivity index (χ1n) is 5.82. The van der Waals surface area contributed by atoms with E-state index in [1.807, 2.05) is 24.3 Å². The summed E-state index contributed by atoms with van der Waals surface area (Å²) in [6.07, 6.45) is 0.340. The van der Waals surface area contributed by atoms with Crippen molar-refractivity contribution in [2.45, 2.75) is 26.2 Å². The highest BCUT2D eigenvalue weighted by atomic mass is 16.5. The number of carbonyl (C=O) groups excluding carboxylic acids is 1. The van der Waals surface area contributed by atoms with Gasteiger partial charge in [0.25, 0.3) is 0 Å². The van der Waals surface area contributed by atoms with Crippen LogP contribution in [-0.4, -0.2) is 19.6 Å². The van der Waals surface area contributed by atoms with E-state index >= 15 is 0 Å². The zero-order chi connectivity index (χ0) is 12.7. The van der Waals surface area contributed by atoms with Gasteiger partial charge in [-0.05, 0) is 23.6 Å². The van der Waals surface area contributed by atoms with E-state index in [9.17, 15) is 4.79 Å². The Bertz CT molecular complexity index is 347. The number of amides is 1. The molecule has 0 aliphatic carbocycles. The van der Waals surface area contributed by atoms with Gasteiger partial charge in [-0.25, -0.2) is 5.43 Å². The molecule has 4 nitrogen and oxygen atoms in total. The molecule has 0 saturated heterocycles. The van der Waals surface area contributed by atoms with Gasteiger partial charge in [-0.3, -0.25) is 10.2 Å². The van der Waals surface area contributed by atoms with E-state index in [0.717, 1.165) is 5.75 Å². The second-order valence-corrected chi connectivity index (χ2v) is 4.12. The van der Waals surface area contributed by atoms with Gasteiger partial charge >= 0.3 is 0 Å². The van der Waals surface area contributed by atoms with Gasteiger partial charge in [-0.2, -0.15) is 0 Å². The first kappa shape index (κ1) is 13.5. The number of carbonyl (C=O) groups is 1. The van der Waals surface area contributed by atoms with Crippen LogP contribution in [0.5, 0.6) is 5.75 Å². The molecule has 1 rings (SSSR count). The number of hydrogen-bond acceptors (Lipinski definition) is 3. The molecule has 0 aliphatic rings. The standard InChI is InChI=1S/C13H20N2O2/c1-10(2)11-4-6-12(7-5-11)17-9-8-13(16)15-14-3/h4-7,10,14H,8-9H2,1-3H3,(H,15,16). The Morgan fingerprint density at radius 2 is 1.94 bits per heavy atom. The quantitative estimate of drug-likeness (QED) is 0.741. The molecule has 0 atom stereocenters. The van der Waals surface area contributed by atoms with E-state index in [0.29, 0.717) is 18.9 Å². The lowest BCUT2D eigenvalue weighted by Gasteiger charge is -2.08. The van der Waals surface area contributed by atoms with Crippen LogP contribution in [-0.2, 0) is 4.79 Å². The predicted octanol–water partition coefficient (Wildman–Crippen LogP) is 1.83. The Hall–Kier alpha value is -1.55. The zero-order valence-electron chi connectivity index (χ0n) is 10.6. The van der Waals surface area contributed by atoms with Crippen LogP contribution in [0.4, 0.5) is 0 Å². The Morgan fingerprint density at radius 3 is 2.47 bits per heavy atom. The van der Waals surface area contributed by atoms with Crippen LogP contribution in [0.2, 0.25) is 0 Å². The van der Waals surface area contributed by atoms with Crippen LogP contribution in [0.1, 0.15) is 31.7 Å². The molecule has 1 amide bonds. The van der Waals surface area contributed by atoms with Crippen molar-refractivity contribution in [3.05, 3.63) is 29.8 Å². The minimum absolute atomic E-state index is 0.0775. The van der Waals surface area contributed by atoms with E-state index in [-0.39, 0.29) is 5.91 Å². The maximum absolute atomic E-state index is 11.1. The lowest BCUT2D eigenvalue weighted by atomic mass is 10.0. The number of benzene rings is 1. The second-order valence-electron chi connectivity index (χ2n) is 4.12. The fourth-order valence-electron chi connectivity index (χ4n) is 1.41. The average Bonchev–Trinajstić information content (AvgIpc) is 2.30. The van der Waals surface area contributed by atoms with Crippen LogP contribution in [0.15, 0.2) is 24.3 Å². The Kier molecular flexibility index (Phi) is 5.49. The van der Waals surface area contributed by atoms with Crippen molar-refractivity contribution >= 4 is 5.91 Å². The Balaban J connectivity index is 2.35. The molecule has 1 aromatic rings. The van der Waals surface area contributed by atoms with Crippen molar-refractivity contribution < 1.29 is 9.53 Å². The second kappa shape index (κ2) is 6.91. The lowest BCUT2D eigenvalue weighted by Crippen LogP contribution is -2.34. The minimum atomic E-state index is -0.0775. The SMILES string of the molecule is CNNC(=O)CCOc1ccc(C(C)C)cc1. The molecule has 0 aromatic heterocycles. The smallest absolute Gasteiger partial charge is 0.237 e. The summed E-state index contributed by atoms with van der Waals surface area (Å²) < 4.78 is 5.47. The van der Waals surface area contributed by atoms with Gasteiger partial charge in [0.2, 0.25) is 5.91 Å². The third kappa shape index (κ3) is 4.87. The van der Waals surface area contributed by atoms with Crippen LogP contribution >= 0.6 is 0 Å². The first-order chi connectivity index (χ1) is 8.13.